The van der Waals surface area contributed by atoms with Gasteiger partial charge in [0.05, 0.1) is 27.7 Å². The van der Waals surface area contributed by atoms with Crippen LogP contribution in [-0.4, -0.2) is 40.0 Å². The monoisotopic (exact) mass is 478 g/mol. The van der Waals surface area contributed by atoms with Gasteiger partial charge in [0.1, 0.15) is 0 Å². The van der Waals surface area contributed by atoms with Crippen LogP contribution in [0.2, 0.25) is 5.02 Å². The van der Waals surface area contributed by atoms with Crippen molar-refractivity contribution in [2.75, 3.05) is 24.0 Å². The van der Waals surface area contributed by atoms with E-state index in [1.807, 2.05) is 13.8 Å². The van der Waals surface area contributed by atoms with Gasteiger partial charge in [-0.25, -0.2) is 13.2 Å². The molecule has 0 heterocycles. The summed E-state index contributed by atoms with van der Waals surface area (Å²) in [6.45, 7) is 7.70. The number of ether oxygens (including phenoxy) is 1. The van der Waals surface area contributed by atoms with Gasteiger partial charge in [-0.15, -0.1) is 6.58 Å². The van der Waals surface area contributed by atoms with Crippen LogP contribution in [0.25, 0.3) is 0 Å². The average Bonchev–Trinajstić information content (AvgIpc) is 2.76. The number of para-hydroxylation sites is 1. The number of hydrogen-bond acceptors (Lipinski definition) is 5. The SMILES string of the molecule is C=CCN(c1ccccc1)S(=O)(=O)c1ccc(Cl)c(C(=O)OCC(=O)NCCC(C)C)c1. The van der Waals surface area contributed by atoms with Gasteiger partial charge in [0.25, 0.3) is 15.9 Å². The molecule has 7 nitrogen and oxygen atoms in total. The first-order valence-corrected chi connectivity index (χ1v) is 11.9. The summed E-state index contributed by atoms with van der Waals surface area (Å²) in [5.41, 5.74) is 0.305. The number of anilines is 1. The molecule has 0 unspecified atom stereocenters. The molecule has 0 bridgehead atoms. The average molecular weight is 479 g/mol. The quantitative estimate of drug-likeness (QED) is 0.388. The molecule has 9 heteroatoms. The molecule has 172 valence electrons. The number of nitrogens with one attached hydrogen (secondary N) is 1. The third kappa shape index (κ3) is 6.83. The summed E-state index contributed by atoms with van der Waals surface area (Å²) in [4.78, 5) is 24.2. The van der Waals surface area contributed by atoms with Gasteiger partial charge in [-0.2, -0.15) is 0 Å². The van der Waals surface area contributed by atoms with Gasteiger partial charge >= 0.3 is 5.97 Å². The normalized spacial score (nSPS) is 11.1. The molecule has 0 aliphatic rings. The maximum atomic E-state index is 13.3. The van der Waals surface area contributed by atoms with E-state index in [0.29, 0.717) is 18.2 Å². The van der Waals surface area contributed by atoms with Crippen molar-refractivity contribution >= 4 is 39.2 Å². The number of amides is 1. The highest BCUT2D eigenvalue weighted by atomic mass is 35.5. The number of rotatable bonds is 11. The molecule has 1 N–H and O–H groups in total. The first-order valence-electron chi connectivity index (χ1n) is 10.1. The summed E-state index contributed by atoms with van der Waals surface area (Å²) in [6, 6.07) is 12.3. The highest BCUT2D eigenvalue weighted by molar-refractivity contribution is 7.92. The van der Waals surface area contributed by atoms with Gasteiger partial charge in [0, 0.05) is 6.54 Å². The largest absolute Gasteiger partial charge is 0.452 e. The second-order valence-electron chi connectivity index (χ2n) is 7.41. The van der Waals surface area contributed by atoms with Crippen LogP contribution in [0.4, 0.5) is 5.69 Å². The van der Waals surface area contributed by atoms with Gasteiger partial charge in [0.2, 0.25) is 0 Å². The Kier molecular flexibility index (Phi) is 9.28. The summed E-state index contributed by atoms with van der Waals surface area (Å²) >= 11 is 6.11. The number of carbonyl (C=O) groups excluding carboxylic acids is 2. The highest BCUT2D eigenvalue weighted by Crippen LogP contribution is 2.27. The molecule has 0 aliphatic carbocycles. The predicted molar refractivity (Wildman–Crippen MR) is 125 cm³/mol. The number of carbonyl (C=O) groups is 2. The van der Waals surface area contributed by atoms with Crippen molar-refractivity contribution in [1.82, 2.24) is 5.32 Å². The minimum absolute atomic E-state index is 0.0177. The van der Waals surface area contributed by atoms with Gasteiger partial charge in [0.15, 0.2) is 6.61 Å². The van der Waals surface area contributed by atoms with E-state index < -0.39 is 28.5 Å². The molecular weight excluding hydrogens is 452 g/mol. The van der Waals surface area contributed by atoms with Crippen molar-refractivity contribution in [2.45, 2.75) is 25.2 Å². The Balaban J connectivity index is 2.21. The van der Waals surface area contributed by atoms with E-state index in [0.717, 1.165) is 12.5 Å². The molecule has 0 radical (unpaired) electrons. The third-order valence-corrected chi connectivity index (χ3v) is 6.58. The zero-order valence-electron chi connectivity index (χ0n) is 18.1. The molecule has 2 aromatic rings. The topological polar surface area (TPSA) is 92.8 Å². The van der Waals surface area contributed by atoms with E-state index in [-0.39, 0.29) is 22.0 Å². The predicted octanol–water partition coefficient (Wildman–Crippen LogP) is 4.04. The lowest BCUT2D eigenvalue weighted by Crippen LogP contribution is -2.31. The molecule has 0 atom stereocenters. The van der Waals surface area contributed by atoms with E-state index >= 15 is 0 Å². The summed E-state index contributed by atoms with van der Waals surface area (Å²) in [5, 5.41) is 2.67. The number of sulfonamides is 1. The van der Waals surface area contributed by atoms with Crippen molar-refractivity contribution in [1.29, 1.82) is 0 Å². The van der Waals surface area contributed by atoms with E-state index in [2.05, 4.69) is 11.9 Å². The second kappa shape index (κ2) is 11.7. The summed E-state index contributed by atoms with van der Waals surface area (Å²) in [7, 11) is -4.02. The maximum absolute atomic E-state index is 13.3. The van der Waals surface area contributed by atoms with Crippen LogP contribution in [0, 0.1) is 5.92 Å². The standard InChI is InChI=1S/C23H27ClN2O5S/c1-4-14-26(18-8-6-5-7-9-18)32(29,30)19-10-11-21(24)20(15-19)23(28)31-16-22(27)25-13-12-17(2)3/h4-11,15,17H,1,12-14,16H2,2-3H3,(H,25,27). The van der Waals surface area contributed by atoms with E-state index in [1.54, 1.807) is 30.3 Å². The molecule has 0 spiro atoms. The smallest absolute Gasteiger partial charge is 0.340 e. The minimum Gasteiger partial charge on any atom is -0.452 e. The zero-order chi connectivity index (χ0) is 23.7. The van der Waals surface area contributed by atoms with Crippen LogP contribution < -0.4 is 9.62 Å². The second-order valence-corrected chi connectivity index (χ2v) is 9.68. The van der Waals surface area contributed by atoms with E-state index in [9.17, 15) is 18.0 Å². The summed E-state index contributed by atoms with van der Waals surface area (Å²) in [5.74, 6) is -0.904. The Hall–Kier alpha value is -2.84. The maximum Gasteiger partial charge on any atom is 0.340 e. The molecule has 2 aromatic carbocycles. The number of benzene rings is 2. The van der Waals surface area contributed by atoms with Gasteiger partial charge in [-0.05, 0) is 42.7 Å². The van der Waals surface area contributed by atoms with Crippen molar-refractivity contribution in [3.05, 3.63) is 71.8 Å². The Morgan fingerprint density at radius 2 is 1.88 bits per heavy atom. The Morgan fingerprint density at radius 3 is 2.50 bits per heavy atom. The first kappa shape index (κ1) is 25.4. The molecule has 0 saturated heterocycles. The summed E-state index contributed by atoms with van der Waals surface area (Å²) < 4.78 is 32.7. The lowest BCUT2D eigenvalue weighted by molar-refractivity contribution is -0.124. The van der Waals surface area contributed by atoms with Crippen LogP contribution >= 0.6 is 11.6 Å². The van der Waals surface area contributed by atoms with Crippen molar-refractivity contribution in [2.24, 2.45) is 5.92 Å². The Morgan fingerprint density at radius 1 is 1.19 bits per heavy atom. The van der Waals surface area contributed by atoms with Crippen LogP contribution in [0.3, 0.4) is 0 Å². The van der Waals surface area contributed by atoms with Crippen LogP contribution in [0.1, 0.15) is 30.6 Å². The molecular formula is C23H27ClN2O5S. The van der Waals surface area contributed by atoms with Crippen LogP contribution in [-0.2, 0) is 19.6 Å². The molecule has 0 aromatic heterocycles. The van der Waals surface area contributed by atoms with Crippen molar-refractivity contribution in [3.8, 4) is 0 Å². The van der Waals surface area contributed by atoms with E-state index in [1.165, 1.54) is 22.5 Å². The van der Waals surface area contributed by atoms with Gasteiger partial charge in [-0.1, -0.05) is 49.7 Å². The fraction of sp³-hybridized carbons (Fsp3) is 0.304. The number of nitrogens with zero attached hydrogens (tertiary/aromatic N) is 1. The van der Waals surface area contributed by atoms with Gasteiger partial charge in [-0.3, -0.25) is 9.10 Å². The number of hydrogen-bond donors (Lipinski definition) is 1. The van der Waals surface area contributed by atoms with Crippen LogP contribution in [0.5, 0.6) is 0 Å². The number of esters is 1. The van der Waals surface area contributed by atoms with Crippen molar-refractivity contribution in [3.63, 3.8) is 0 Å². The Bertz CT molecular complexity index is 1060. The third-order valence-electron chi connectivity index (χ3n) is 4.46. The van der Waals surface area contributed by atoms with Gasteiger partial charge < -0.3 is 10.1 Å². The fourth-order valence-electron chi connectivity index (χ4n) is 2.76. The zero-order valence-corrected chi connectivity index (χ0v) is 19.7. The highest BCUT2D eigenvalue weighted by Gasteiger charge is 2.26. The fourth-order valence-corrected chi connectivity index (χ4v) is 4.42. The summed E-state index contributed by atoms with van der Waals surface area (Å²) in [6.07, 6.45) is 2.27. The lowest BCUT2D eigenvalue weighted by atomic mass is 10.1. The first-order chi connectivity index (χ1) is 15.2. The van der Waals surface area contributed by atoms with E-state index in [4.69, 9.17) is 16.3 Å². The molecule has 0 aliphatic heterocycles. The molecule has 0 saturated carbocycles. The molecule has 2 rings (SSSR count). The molecule has 0 fully saturated rings. The van der Waals surface area contributed by atoms with Crippen LogP contribution in [0.15, 0.2) is 66.1 Å². The minimum atomic E-state index is -4.02. The lowest BCUT2D eigenvalue weighted by Gasteiger charge is -2.23. The number of halogens is 1. The van der Waals surface area contributed by atoms with Crippen molar-refractivity contribution < 1.29 is 22.7 Å². The Labute approximate surface area is 194 Å². The molecule has 32 heavy (non-hydrogen) atoms. The molecule has 1 amide bonds.